The molecular formula is C7H15NO6S2. The van der Waals surface area contributed by atoms with Crippen LogP contribution >= 0.6 is 0 Å². The number of hydrogen-bond acceptors (Lipinski definition) is 5. The van der Waals surface area contributed by atoms with Crippen molar-refractivity contribution >= 4 is 25.8 Å². The minimum absolute atomic E-state index is 0.00159. The van der Waals surface area contributed by atoms with E-state index in [1.54, 1.807) is 0 Å². The van der Waals surface area contributed by atoms with E-state index in [0.29, 0.717) is 0 Å². The lowest BCUT2D eigenvalue weighted by Crippen LogP contribution is -2.30. The van der Waals surface area contributed by atoms with Crippen LogP contribution in [0, 0.1) is 0 Å². The molecule has 16 heavy (non-hydrogen) atoms. The second kappa shape index (κ2) is 6.16. The van der Waals surface area contributed by atoms with Crippen LogP contribution in [0.15, 0.2) is 0 Å². The third kappa shape index (κ3) is 9.87. The number of carboxylic acids is 1. The average molecular weight is 273 g/mol. The van der Waals surface area contributed by atoms with Crippen molar-refractivity contribution in [2.75, 3.05) is 24.3 Å². The summed E-state index contributed by atoms with van der Waals surface area (Å²) in [5, 5.41) is 8.30. The maximum absolute atomic E-state index is 11.2. The van der Waals surface area contributed by atoms with Gasteiger partial charge in [0, 0.05) is 19.2 Å². The summed E-state index contributed by atoms with van der Waals surface area (Å²) >= 11 is 0. The van der Waals surface area contributed by atoms with Gasteiger partial charge in [0.1, 0.15) is 9.84 Å². The van der Waals surface area contributed by atoms with Crippen molar-refractivity contribution in [2.45, 2.75) is 12.8 Å². The van der Waals surface area contributed by atoms with Gasteiger partial charge in [0.05, 0.1) is 11.5 Å². The summed E-state index contributed by atoms with van der Waals surface area (Å²) in [4.78, 5) is 10.1. The summed E-state index contributed by atoms with van der Waals surface area (Å²) in [7, 11) is -6.95. The first kappa shape index (κ1) is 15.3. The van der Waals surface area contributed by atoms with Gasteiger partial charge in [-0.1, -0.05) is 0 Å². The number of sulfonamides is 1. The van der Waals surface area contributed by atoms with Gasteiger partial charge in [-0.25, -0.2) is 21.6 Å². The summed E-state index contributed by atoms with van der Waals surface area (Å²) in [5.74, 6) is -1.95. The molecule has 0 atom stereocenters. The molecule has 9 heteroatoms. The predicted octanol–water partition coefficient (Wildman–Crippen LogP) is -1.18. The Balaban J connectivity index is 3.93. The maximum Gasteiger partial charge on any atom is 0.303 e. The van der Waals surface area contributed by atoms with Crippen molar-refractivity contribution in [2.24, 2.45) is 0 Å². The van der Waals surface area contributed by atoms with E-state index in [-0.39, 0.29) is 19.4 Å². The van der Waals surface area contributed by atoms with Gasteiger partial charge < -0.3 is 5.11 Å². The molecule has 0 rings (SSSR count). The Bertz CT molecular complexity index is 424. The molecule has 0 radical (unpaired) electrons. The normalized spacial score (nSPS) is 12.6. The molecule has 0 unspecified atom stereocenters. The molecule has 0 amide bonds. The molecule has 0 saturated carbocycles. The SMILES string of the molecule is CS(=O)(=O)CCS(=O)(=O)NCCCC(=O)O. The smallest absolute Gasteiger partial charge is 0.303 e. The summed E-state index contributed by atoms with van der Waals surface area (Å²) in [6, 6.07) is 0. The molecule has 2 N–H and O–H groups in total. The fourth-order valence-electron chi connectivity index (χ4n) is 0.801. The van der Waals surface area contributed by atoms with Crippen LogP contribution in [-0.2, 0) is 24.7 Å². The topological polar surface area (TPSA) is 118 Å². The van der Waals surface area contributed by atoms with Crippen molar-refractivity contribution in [3.05, 3.63) is 0 Å². The first-order valence-corrected chi connectivity index (χ1v) is 8.20. The van der Waals surface area contributed by atoms with Gasteiger partial charge in [-0.15, -0.1) is 0 Å². The van der Waals surface area contributed by atoms with Gasteiger partial charge >= 0.3 is 5.97 Å². The van der Waals surface area contributed by atoms with E-state index in [2.05, 4.69) is 4.72 Å². The molecule has 0 aliphatic carbocycles. The number of carbonyl (C=O) groups is 1. The summed E-state index contributed by atoms with van der Waals surface area (Å²) in [6.45, 7) is -0.00159. The first-order valence-electron chi connectivity index (χ1n) is 4.49. The number of nitrogens with one attached hydrogen (secondary N) is 1. The molecule has 0 aliphatic heterocycles. The molecule has 0 aromatic rings. The zero-order chi connectivity index (χ0) is 12.8. The highest BCUT2D eigenvalue weighted by molar-refractivity contribution is 7.93. The molecule has 0 fully saturated rings. The van der Waals surface area contributed by atoms with Crippen molar-refractivity contribution in [3.63, 3.8) is 0 Å². The number of rotatable bonds is 8. The molecule has 0 spiro atoms. The van der Waals surface area contributed by atoms with Crippen LogP contribution in [0.5, 0.6) is 0 Å². The lowest BCUT2D eigenvalue weighted by atomic mass is 10.3. The number of sulfone groups is 1. The van der Waals surface area contributed by atoms with E-state index in [1.165, 1.54) is 0 Å². The van der Waals surface area contributed by atoms with Crippen LogP contribution in [0.1, 0.15) is 12.8 Å². The maximum atomic E-state index is 11.2. The van der Waals surface area contributed by atoms with Crippen LogP contribution in [0.25, 0.3) is 0 Å². The zero-order valence-corrected chi connectivity index (χ0v) is 10.5. The lowest BCUT2D eigenvalue weighted by molar-refractivity contribution is -0.137. The molecule has 7 nitrogen and oxygen atoms in total. The van der Waals surface area contributed by atoms with Crippen LogP contribution in [0.4, 0.5) is 0 Å². The standard InChI is InChI=1S/C7H15NO6S2/c1-15(11,12)5-6-16(13,14)8-4-2-3-7(9)10/h8H,2-6H2,1H3,(H,9,10). The average Bonchev–Trinajstić information content (AvgIpc) is 2.08. The van der Waals surface area contributed by atoms with Crippen molar-refractivity contribution in [1.29, 1.82) is 0 Å². The minimum atomic E-state index is -3.63. The fourth-order valence-corrected chi connectivity index (χ4v) is 3.49. The molecule has 0 aromatic carbocycles. The first-order chi connectivity index (χ1) is 7.12. The summed E-state index contributed by atoms with van der Waals surface area (Å²) in [6.07, 6.45) is 0.995. The Labute approximate surface area is 94.8 Å². The third-order valence-corrected chi connectivity index (χ3v) is 4.20. The molecule has 96 valence electrons. The highest BCUT2D eigenvalue weighted by Gasteiger charge is 2.13. The molecule has 0 saturated heterocycles. The quantitative estimate of drug-likeness (QED) is 0.537. The van der Waals surface area contributed by atoms with Crippen LogP contribution < -0.4 is 4.72 Å². The van der Waals surface area contributed by atoms with Gasteiger partial charge in [-0.3, -0.25) is 4.79 Å². The van der Waals surface area contributed by atoms with E-state index in [1.807, 2.05) is 0 Å². The second-order valence-corrected chi connectivity index (χ2v) is 7.53. The van der Waals surface area contributed by atoms with E-state index < -0.39 is 37.3 Å². The highest BCUT2D eigenvalue weighted by Crippen LogP contribution is 1.92. The van der Waals surface area contributed by atoms with Gasteiger partial charge in [0.15, 0.2) is 0 Å². The van der Waals surface area contributed by atoms with E-state index >= 15 is 0 Å². The van der Waals surface area contributed by atoms with Crippen molar-refractivity contribution in [1.82, 2.24) is 4.72 Å². The molecule has 0 heterocycles. The van der Waals surface area contributed by atoms with Crippen LogP contribution in [-0.4, -0.2) is 52.2 Å². The monoisotopic (exact) mass is 273 g/mol. The molecule has 0 bridgehead atoms. The molecular weight excluding hydrogens is 258 g/mol. The van der Waals surface area contributed by atoms with Crippen LogP contribution in [0.2, 0.25) is 0 Å². The van der Waals surface area contributed by atoms with Crippen LogP contribution in [0.3, 0.4) is 0 Å². The van der Waals surface area contributed by atoms with Gasteiger partial charge in [-0.2, -0.15) is 0 Å². The van der Waals surface area contributed by atoms with Gasteiger partial charge in [-0.05, 0) is 6.42 Å². The van der Waals surface area contributed by atoms with Crippen molar-refractivity contribution < 1.29 is 26.7 Å². The zero-order valence-electron chi connectivity index (χ0n) is 8.84. The number of carboxylic acid groups (broad SMARTS) is 1. The Morgan fingerprint density at radius 3 is 2.19 bits per heavy atom. The fraction of sp³-hybridized carbons (Fsp3) is 0.857. The molecule has 0 aliphatic rings. The molecule has 0 aromatic heterocycles. The number of hydrogen-bond donors (Lipinski definition) is 2. The Kier molecular flexibility index (Phi) is 5.90. The predicted molar refractivity (Wildman–Crippen MR) is 58.4 cm³/mol. The summed E-state index contributed by atoms with van der Waals surface area (Å²) < 4.78 is 46.0. The Morgan fingerprint density at radius 2 is 1.75 bits per heavy atom. The van der Waals surface area contributed by atoms with Crippen molar-refractivity contribution in [3.8, 4) is 0 Å². The van der Waals surface area contributed by atoms with Gasteiger partial charge in [0.25, 0.3) is 0 Å². The highest BCUT2D eigenvalue weighted by atomic mass is 32.2. The van der Waals surface area contributed by atoms with E-state index in [9.17, 15) is 21.6 Å². The minimum Gasteiger partial charge on any atom is -0.481 e. The van der Waals surface area contributed by atoms with Gasteiger partial charge in [0.2, 0.25) is 10.0 Å². The second-order valence-electron chi connectivity index (χ2n) is 3.34. The Morgan fingerprint density at radius 1 is 1.19 bits per heavy atom. The van der Waals surface area contributed by atoms with E-state index in [0.717, 1.165) is 6.26 Å². The Hall–Kier alpha value is -0.670. The lowest BCUT2D eigenvalue weighted by Gasteiger charge is -2.04. The third-order valence-electron chi connectivity index (χ3n) is 1.61. The largest absolute Gasteiger partial charge is 0.481 e. The summed E-state index contributed by atoms with van der Waals surface area (Å²) in [5.41, 5.74) is 0. The van der Waals surface area contributed by atoms with E-state index in [4.69, 9.17) is 5.11 Å². The number of aliphatic carboxylic acids is 1.